The van der Waals surface area contributed by atoms with Crippen molar-refractivity contribution < 1.29 is 9.32 Å². The summed E-state index contributed by atoms with van der Waals surface area (Å²) >= 11 is 1.64. The molecular formula is C22H21N5O2S. The maximum atomic E-state index is 12.6. The maximum absolute atomic E-state index is 12.6. The molecule has 152 valence electrons. The standard InChI is InChI=1S/C22H21N5O2S/c1-14-12-19(26-29-14)24-22(28)15-6-9-27(10-7-15)21-17-4-2-3-5-18(17)23-20(25-21)16-8-11-30-13-16/h2-5,8,11-13,15H,6-7,9-10H2,1H3,(H,24,26,28). The Labute approximate surface area is 177 Å². The molecule has 1 aliphatic heterocycles. The van der Waals surface area contributed by atoms with Crippen LogP contribution in [0.5, 0.6) is 0 Å². The molecule has 5 rings (SSSR count). The molecule has 3 aromatic heterocycles. The molecule has 0 aliphatic carbocycles. The quantitative estimate of drug-likeness (QED) is 0.524. The van der Waals surface area contributed by atoms with E-state index in [4.69, 9.17) is 14.5 Å². The fourth-order valence-corrected chi connectivity index (χ4v) is 4.46. The molecule has 30 heavy (non-hydrogen) atoms. The number of aryl methyl sites for hydroxylation is 1. The molecule has 1 aliphatic rings. The van der Waals surface area contributed by atoms with E-state index >= 15 is 0 Å². The van der Waals surface area contributed by atoms with Crippen LogP contribution in [-0.2, 0) is 4.79 Å². The van der Waals surface area contributed by atoms with Crippen molar-refractivity contribution in [3.63, 3.8) is 0 Å². The van der Waals surface area contributed by atoms with E-state index in [-0.39, 0.29) is 11.8 Å². The van der Waals surface area contributed by atoms with Gasteiger partial charge in [-0.25, -0.2) is 9.97 Å². The van der Waals surface area contributed by atoms with Gasteiger partial charge in [0.1, 0.15) is 11.6 Å². The highest BCUT2D eigenvalue weighted by molar-refractivity contribution is 7.08. The van der Waals surface area contributed by atoms with Crippen molar-refractivity contribution in [3.8, 4) is 11.4 Å². The van der Waals surface area contributed by atoms with Crippen LogP contribution in [0, 0.1) is 12.8 Å². The van der Waals surface area contributed by atoms with E-state index in [0.29, 0.717) is 11.6 Å². The van der Waals surface area contributed by atoms with Crippen molar-refractivity contribution >= 4 is 39.8 Å². The Morgan fingerprint density at radius 2 is 2.03 bits per heavy atom. The van der Waals surface area contributed by atoms with Crippen LogP contribution in [0.25, 0.3) is 22.3 Å². The van der Waals surface area contributed by atoms with Crippen molar-refractivity contribution in [3.05, 3.63) is 52.9 Å². The molecule has 0 spiro atoms. The second-order valence-corrected chi connectivity index (χ2v) is 8.25. The maximum Gasteiger partial charge on any atom is 0.228 e. The van der Waals surface area contributed by atoms with Crippen molar-refractivity contribution in [2.24, 2.45) is 5.92 Å². The number of rotatable bonds is 4. The fraction of sp³-hybridized carbons (Fsp3) is 0.273. The van der Waals surface area contributed by atoms with Crippen LogP contribution in [0.4, 0.5) is 11.6 Å². The average molecular weight is 420 g/mol. The number of hydrogen-bond acceptors (Lipinski definition) is 7. The van der Waals surface area contributed by atoms with E-state index in [1.807, 2.05) is 29.6 Å². The Kier molecular flexibility index (Phi) is 4.92. The Morgan fingerprint density at radius 1 is 1.20 bits per heavy atom. The lowest BCUT2D eigenvalue weighted by atomic mass is 9.95. The smallest absolute Gasteiger partial charge is 0.228 e. The zero-order valence-corrected chi connectivity index (χ0v) is 17.4. The van der Waals surface area contributed by atoms with Gasteiger partial charge in [-0.2, -0.15) is 11.3 Å². The SMILES string of the molecule is Cc1cc(NC(=O)C2CCN(c3nc(-c4ccsc4)nc4ccccc34)CC2)no1. The van der Waals surface area contributed by atoms with Gasteiger partial charge in [-0.05, 0) is 43.3 Å². The minimum atomic E-state index is -0.0531. The monoisotopic (exact) mass is 419 g/mol. The highest BCUT2D eigenvalue weighted by Crippen LogP contribution is 2.31. The van der Waals surface area contributed by atoms with E-state index in [1.54, 1.807) is 24.3 Å². The van der Waals surface area contributed by atoms with Crippen LogP contribution < -0.4 is 10.2 Å². The number of fused-ring (bicyclic) bond motifs is 1. The first kappa shape index (κ1) is 18.7. The van der Waals surface area contributed by atoms with E-state index < -0.39 is 0 Å². The van der Waals surface area contributed by atoms with Crippen LogP contribution in [0.2, 0.25) is 0 Å². The number of para-hydroxylation sites is 1. The Balaban J connectivity index is 1.36. The zero-order valence-electron chi connectivity index (χ0n) is 16.5. The molecular weight excluding hydrogens is 398 g/mol. The molecule has 8 heteroatoms. The Bertz CT molecular complexity index is 1180. The van der Waals surface area contributed by atoms with Crippen LogP contribution in [0.3, 0.4) is 0 Å². The number of piperidine rings is 1. The molecule has 1 saturated heterocycles. The summed E-state index contributed by atoms with van der Waals surface area (Å²) in [5, 5.41) is 11.8. The lowest BCUT2D eigenvalue weighted by Gasteiger charge is -2.32. The largest absolute Gasteiger partial charge is 0.360 e. The van der Waals surface area contributed by atoms with Gasteiger partial charge in [0.15, 0.2) is 11.6 Å². The lowest BCUT2D eigenvalue weighted by Crippen LogP contribution is -2.38. The first-order valence-electron chi connectivity index (χ1n) is 9.96. The molecule has 1 N–H and O–H groups in total. The van der Waals surface area contributed by atoms with Crippen molar-refractivity contribution in [2.45, 2.75) is 19.8 Å². The average Bonchev–Trinajstić information content (AvgIpc) is 3.45. The molecule has 0 saturated carbocycles. The van der Waals surface area contributed by atoms with Gasteiger partial charge < -0.3 is 14.7 Å². The van der Waals surface area contributed by atoms with Crippen LogP contribution in [0.1, 0.15) is 18.6 Å². The van der Waals surface area contributed by atoms with E-state index in [2.05, 4.69) is 26.8 Å². The van der Waals surface area contributed by atoms with Crippen molar-refractivity contribution in [2.75, 3.05) is 23.3 Å². The van der Waals surface area contributed by atoms with Gasteiger partial charge in [-0.3, -0.25) is 4.79 Å². The van der Waals surface area contributed by atoms with Gasteiger partial charge in [-0.1, -0.05) is 17.3 Å². The van der Waals surface area contributed by atoms with Gasteiger partial charge in [0.2, 0.25) is 5.91 Å². The van der Waals surface area contributed by atoms with Crippen LogP contribution >= 0.6 is 11.3 Å². The number of anilines is 2. The Hall–Kier alpha value is -3.26. The third kappa shape index (κ3) is 3.66. The molecule has 0 unspecified atom stereocenters. The van der Waals surface area contributed by atoms with Gasteiger partial charge in [0.05, 0.1) is 5.52 Å². The van der Waals surface area contributed by atoms with E-state index in [0.717, 1.165) is 54.0 Å². The third-order valence-electron chi connectivity index (χ3n) is 5.41. The fourth-order valence-electron chi connectivity index (χ4n) is 3.83. The number of carbonyl (C=O) groups is 1. The highest BCUT2D eigenvalue weighted by atomic mass is 32.1. The van der Waals surface area contributed by atoms with Crippen LogP contribution in [0.15, 0.2) is 51.7 Å². The van der Waals surface area contributed by atoms with Crippen molar-refractivity contribution in [1.29, 1.82) is 0 Å². The van der Waals surface area contributed by atoms with E-state index in [1.165, 1.54) is 0 Å². The molecule has 0 radical (unpaired) electrons. The topological polar surface area (TPSA) is 84.2 Å². The summed E-state index contributed by atoms with van der Waals surface area (Å²) in [5.41, 5.74) is 1.97. The number of nitrogens with one attached hydrogen (secondary N) is 1. The van der Waals surface area contributed by atoms with Crippen molar-refractivity contribution in [1.82, 2.24) is 15.1 Å². The molecule has 1 fully saturated rings. The summed E-state index contributed by atoms with van der Waals surface area (Å²) in [6.45, 7) is 3.33. The lowest BCUT2D eigenvalue weighted by molar-refractivity contribution is -0.120. The second kappa shape index (κ2) is 7.87. The minimum Gasteiger partial charge on any atom is -0.360 e. The summed E-state index contributed by atoms with van der Waals surface area (Å²) in [6, 6.07) is 11.9. The normalized spacial score (nSPS) is 14.9. The number of thiophene rings is 1. The summed E-state index contributed by atoms with van der Waals surface area (Å²) < 4.78 is 5.02. The summed E-state index contributed by atoms with van der Waals surface area (Å²) in [4.78, 5) is 24.5. The number of hydrogen-bond donors (Lipinski definition) is 1. The van der Waals surface area contributed by atoms with Gasteiger partial charge >= 0.3 is 0 Å². The number of carbonyl (C=O) groups excluding carboxylic acids is 1. The van der Waals surface area contributed by atoms with Gasteiger partial charge in [-0.15, -0.1) is 0 Å². The predicted molar refractivity (Wildman–Crippen MR) is 118 cm³/mol. The molecule has 1 aromatic carbocycles. The second-order valence-electron chi connectivity index (χ2n) is 7.47. The molecule has 1 amide bonds. The molecule has 0 atom stereocenters. The molecule has 0 bridgehead atoms. The molecule has 7 nitrogen and oxygen atoms in total. The van der Waals surface area contributed by atoms with Gasteiger partial charge in [0, 0.05) is 41.4 Å². The molecule has 4 heterocycles. The number of nitrogens with zero attached hydrogens (tertiary/aromatic N) is 4. The predicted octanol–water partition coefficient (Wildman–Crippen LogP) is 4.51. The van der Waals surface area contributed by atoms with Gasteiger partial charge in [0.25, 0.3) is 0 Å². The highest BCUT2D eigenvalue weighted by Gasteiger charge is 2.27. The van der Waals surface area contributed by atoms with E-state index in [9.17, 15) is 4.79 Å². The summed E-state index contributed by atoms with van der Waals surface area (Å²) in [6.07, 6.45) is 1.52. The number of amides is 1. The number of aromatic nitrogens is 3. The number of benzene rings is 1. The zero-order chi connectivity index (χ0) is 20.5. The third-order valence-corrected chi connectivity index (χ3v) is 6.09. The minimum absolute atomic E-state index is 0.00513. The first-order valence-corrected chi connectivity index (χ1v) is 10.9. The Morgan fingerprint density at radius 3 is 2.77 bits per heavy atom. The van der Waals surface area contributed by atoms with Crippen LogP contribution in [-0.4, -0.2) is 34.1 Å². The summed E-state index contributed by atoms with van der Waals surface area (Å²) in [5.74, 6) is 2.77. The summed E-state index contributed by atoms with van der Waals surface area (Å²) in [7, 11) is 0. The molecule has 4 aromatic rings. The first-order chi connectivity index (χ1) is 14.7.